The van der Waals surface area contributed by atoms with Gasteiger partial charge in [-0.15, -0.1) is 56.7 Å². The number of aromatic carboxylic acids is 1. The molecule has 105 heavy (non-hydrogen) atoms. The van der Waals surface area contributed by atoms with Crippen LogP contribution in [0.15, 0.2) is 83.8 Å². The quantitative estimate of drug-likeness (QED) is 0.0788. The number of ether oxygens (including phenoxy) is 7. The van der Waals surface area contributed by atoms with E-state index in [1.807, 2.05) is 163 Å². The molecule has 23 nitrogen and oxygen atoms in total. The number of amides is 4. The Morgan fingerprint density at radius 2 is 0.848 bits per heavy atom. The van der Waals surface area contributed by atoms with Crippen LogP contribution in [0.2, 0.25) is 0 Å². The summed E-state index contributed by atoms with van der Waals surface area (Å²) in [5.41, 5.74) is 2.84. The van der Waals surface area contributed by atoms with E-state index in [0.717, 1.165) is 76.7 Å². The van der Waals surface area contributed by atoms with Crippen LogP contribution in [-0.4, -0.2) is 192 Å². The maximum Gasteiger partial charge on any atom is 0.490 e. The number of aliphatic hydroxyl groups is 1. The number of halogens is 2. The maximum atomic E-state index is 12.1. The van der Waals surface area contributed by atoms with Gasteiger partial charge in [-0.3, -0.25) is 0 Å². The number of carbonyl (C=O) groups excluding carboxylic acids is 7. The maximum absolute atomic E-state index is 12.1. The Labute approximate surface area is 655 Å². The molecule has 5 aromatic heterocycles. The zero-order valence-corrected chi connectivity index (χ0v) is 70.9. The van der Waals surface area contributed by atoms with E-state index in [9.17, 15) is 43.5 Å². The van der Waals surface area contributed by atoms with Crippen molar-refractivity contribution < 1.29 is 91.0 Å². The first kappa shape index (κ1) is 89.5. The van der Waals surface area contributed by atoms with Crippen LogP contribution in [0.25, 0.3) is 5.57 Å². The SMILES string of the molecule is CC(C)(C)OC(=O)N1CC=C(B2OC(C)(C)C(C)(C)O2)CC1.CC(C)(C)OC(=O)N1CCC(c2ccsc2CO)CC1.COC(=O)c1sccc1Br.COC(=O)c1sccc1C1=CCN(C(=O)OC(C)(C)C)CC1.COC(=O)c1sccc1C1CCN(C(=O)OC(C)(C)C)CC1.O=C(O)c1sccc1Br. The van der Waals surface area contributed by atoms with Crippen LogP contribution in [0, 0.1) is 0 Å². The van der Waals surface area contributed by atoms with Gasteiger partial charge in [0.25, 0.3) is 0 Å². The summed E-state index contributed by atoms with van der Waals surface area (Å²) in [6.07, 6.45) is 7.92. The van der Waals surface area contributed by atoms with E-state index in [1.54, 1.807) is 42.4 Å². The third kappa shape index (κ3) is 28.1. The average molecular weight is 1680 g/mol. The minimum absolute atomic E-state index is 0.110. The van der Waals surface area contributed by atoms with Gasteiger partial charge in [0.2, 0.25) is 0 Å². The Hall–Kier alpha value is -6.16. The number of carboxylic acids is 1. The second-order valence-corrected chi connectivity index (χ2v) is 36.1. The van der Waals surface area contributed by atoms with Gasteiger partial charge in [-0.25, -0.2) is 38.4 Å². The number of rotatable bonds is 9. The predicted molar refractivity (Wildman–Crippen MR) is 420 cm³/mol. The molecule has 580 valence electrons. The molecule has 31 heteroatoms. The van der Waals surface area contributed by atoms with Crippen LogP contribution in [0.3, 0.4) is 0 Å². The molecule has 0 bridgehead atoms. The van der Waals surface area contributed by atoms with Gasteiger partial charge in [-0.1, -0.05) is 12.2 Å². The molecule has 3 saturated heterocycles. The van der Waals surface area contributed by atoms with Gasteiger partial charge in [-0.05, 0) is 272 Å². The number of methoxy groups -OCH3 is 3. The van der Waals surface area contributed by atoms with Gasteiger partial charge in [0.05, 0.1) is 39.1 Å². The van der Waals surface area contributed by atoms with Crippen LogP contribution in [-0.2, 0) is 49.1 Å². The minimum atomic E-state index is -0.878. The minimum Gasteiger partial charge on any atom is -0.477 e. The molecule has 0 aliphatic carbocycles. The van der Waals surface area contributed by atoms with E-state index in [2.05, 4.69) is 42.7 Å². The lowest BCUT2D eigenvalue weighted by Gasteiger charge is -2.33. The summed E-state index contributed by atoms with van der Waals surface area (Å²) in [5.74, 6) is -1.03. The molecule has 10 rings (SSSR count). The van der Waals surface area contributed by atoms with E-state index < -0.39 is 28.4 Å². The fraction of sp³-hybridized carbons (Fsp3) is 0.568. The third-order valence-corrected chi connectivity index (χ3v) is 23.0. The zero-order chi connectivity index (χ0) is 78.6. The Morgan fingerprint density at radius 3 is 1.23 bits per heavy atom. The zero-order valence-electron chi connectivity index (χ0n) is 63.7. The van der Waals surface area contributed by atoms with Gasteiger partial charge >= 0.3 is 55.4 Å². The number of piperidine rings is 2. The number of aliphatic hydroxyl groups excluding tert-OH is 1. The van der Waals surface area contributed by atoms with Crippen molar-refractivity contribution in [2.75, 3.05) is 73.7 Å². The van der Waals surface area contributed by atoms with Gasteiger partial charge in [-0.2, -0.15) is 0 Å². The molecule has 5 aromatic rings. The molecular formula is C74H103BBr2N4O19S5. The largest absolute Gasteiger partial charge is 0.490 e. The molecule has 0 spiro atoms. The molecule has 0 unspecified atom stereocenters. The Kier molecular flexibility index (Phi) is 33.9. The van der Waals surface area contributed by atoms with Crippen molar-refractivity contribution in [3.63, 3.8) is 0 Å². The first-order chi connectivity index (χ1) is 48.9. The Balaban J connectivity index is 0.000000232. The highest BCUT2D eigenvalue weighted by Crippen LogP contribution is 2.41. The smallest absolute Gasteiger partial charge is 0.477 e. The molecule has 0 aromatic carbocycles. The van der Waals surface area contributed by atoms with E-state index in [0.29, 0.717) is 81.5 Å². The summed E-state index contributed by atoms with van der Waals surface area (Å²) < 4.78 is 49.3. The number of nitrogens with zero attached hydrogens (tertiary/aromatic N) is 4. The molecule has 0 atom stereocenters. The summed E-state index contributed by atoms with van der Waals surface area (Å²) in [6, 6.07) is 9.55. The van der Waals surface area contributed by atoms with Crippen molar-refractivity contribution in [1.82, 2.24) is 19.6 Å². The highest BCUT2D eigenvalue weighted by Gasteiger charge is 2.52. The fourth-order valence-corrected chi connectivity index (χ4v) is 16.1. The highest BCUT2D eigenvalue weighted by atomic mass is 79.9. The number of esters is 3. The highest BCUT2D eigenvalue weighted by molar-refractivity contribution is 9.11. The Morgan fingerprint density at radius 1 is 0.486 bits per heavy atom. The molecule has 4 amide bonds. The lowest BCUT2D eigenvalue weighted by atomic mass is 9.75. The van der Waals surface area contributed by atoms with Crippen molar-refractivity contribution in [2.24, 2.45) is 0 Å². The van der Waals surface area contributed by atoms with Gasteiger partial charge < -0.3 is 72.3 Å². The molecule has 2 N–H and O–H groups in total. The topological polar surface area (TPSA) is 273 Å². The molecule has 5 aliphatic heterocycles. The van der Waals surface area contributed by atoms with E-state index >= 15 is 0 Å². The van der Waals surface area contributed by atoms with Crippen LogP contribution >= 0.6 is 88.5 Å². The van der Waals surface area contributed by atoms with Gasteiger partial charge in [0.15, 0.2) is 0 Å². The lowest BCUT2D eigenvalue weighted by molar-refractivity contribution is 0.00578. The molecule has 3 fully saturated rings. The van der Waals surface area contributed by atoms with Crippen LogP contribution in [0.1, 0.15) is 221 Å². The van der Waals surface area contributed by atoms with E-state index in [-0.39, 0.29) is 67.2 Å². The van der Waals surface area contributed by atoms with Crippen molar-refractivity contribution >= 4 is 149 Å². The fourth-order valence-electron chi connectivity index (χ4n) is 10.7. The lowest BCUT2D eigenvalue weighted by Crippen LogP contribution is -2.41. The third-order valence-electron chi connectivity index (χ3n) is 16.7. The summed E-state index contributed by atoms with van der Waals surface area (Å²) in [4.78, 5) is 103. The van der Waals surface area contributed by atoms with Gasteiger partial charge in [0.1, 0.15) is 41.9 Å². The van der Waals surface area contributed by atoms with Crippen LogP contribution < -0.4 is 0 Å². The summed E-state index contributed by atoms with van der Waals surface area (Å²) in [5, 5.41) is 27.2. The number of carbonyl (C=O) groups is 8. The number of carboxylic acid groups (broad SMARTS) is 1. The molecular weight excluding hydrogens is 1580 g/mol. The van der Waals surface area contributed by atoms with Gasteiger partial charge in [0, 0.05) is 71.7 Å². The predicted octanol–water partition coefficient (Wildman–Crippen LogP) is 18.3. The summed E-state index contributed by atoms with van der Waals surface area (Å²) in [6.45, 7) is 35.7. The first-order valence-electron chi connectivity index (χ1n) is 34.3. The van der Waals surface area contributed by atoms with Crippen LogP contribution in [0.5, 0.6) is 0 Å². The molecule has 0 radical (unpaired) electrons. The number of thiophene rings is 5. The second kappa shape index (κ2) is 39.8. The van der Waals surface area contributed by atoms with Crippen molar-refractivity contribution in [1.29, 1.82) is 0 Å². The number of likely N-dealkylation sites (tertiary alicyclic amines) is 2. The number of hydrogen-bond donors (Lipinski definition) is 2. The molecule has 10 heterocycles. The molecule has 5 aliphatic rings. The second-order valence-electron chi connectivity index (χ2n) is 29.7. The standard InChI is InChI=1S/C16H28BNO4.C16H23NO4S.C16H21NO4S.C15H23NO3S.C6H5BrO2S.C5H3BrO2S/c1-14(2,3)20-13(19)18-10-8-12(9-11-18)17-21-15(4,5)16(6,7)22-17;2*1-16(2,3)21-15(19)17-8-5-11(6-9-17)12-7-10-22-13(12)14(18)20-4;1-15(2,3)19-14(18)16-7-4-11(5-8-16)12-6-9-20-13(12)10-17;1-9-6(8)5-4(7)2-3-10-5;6-3-1-2-9-4(3)5(7)8/h8H,9-11H2,1-7H3;7,10-11H,5-6,8-9H2,1-4H3;5,7,10H,6,8-9H2,1-4H3;6,9,11,17H,4-5,7-8,10H2,1-3H3;2-3H,1H3;1-2H,(H,7,8). The monoisotopic (exact) mass is 1680 g/mol. The van der Waals surface area contributed by atoms with Crippen LogP contribution in [0.4, 0.5) is 19.2 Å². The molecule has 0 saturated carbocycles. The number of hydrogen-bond acceptors (Lipinski definition) is 23. The van der Waals surface area contributed by atoms with Crippen molar-refractivity contribution in [2.45, 2.75) is 201 Å². The summed E-state index contributed by atoms with van der Waals surface area (Å²) in [7, 11) is 3.84. The normalized spacial score (nSPS) is 16.7. The van der Waals surface area contributed by atoms with Crippen molar-refractivity contribution in [3.8, 4) is 0 Å². The average Bonchev–Trinajstić information content (AvgIpc) is 1.62. The van der Waals surface area contributed by atoms with Crippen molar-refractivity contribution in [3.05, 3.63) is 125 Å². The Bertz CT molecular complexity index is 3760. The van der Waals surface area contributed by atoms with E-state index in [4.69, 9.17) is 42.8 Å². The first-order valence-corrected chi connectivity index (χ1v) is 40.3. The summed E-state index contributed by atoms with van der Waals surface area (Å²) >= 11 is 13.3. The van der Waals surface area contributed by atoms with E-state index in [1.165, 1.54) is 72.2 Å².